The van der Waals surface area contributed by atoms with Crippen molar-refractivity contribution in [3.8, 4) is 0 Å². The van der Waals surface area contributed by atoms with Crippen LogP contribution >= 0.6 is 35.9 Å². The Balaban J connectivity index is 2.04. The molecular formula is C11H13N3OS3. The molecule has 3 rings (SSSR count). The summed E-state index contributed by atoms with van der Waals surface area (Å²) in [5, 5.41) is 5.56. The second kappa shape index (κ2) is 5.26. The Morgan fingerprint density at radius 2 is 2.17 bits per heavy atom. The van der Waals surface area contributed by atoms with Gasteiger partial charge in [-0.2, -0.15) is 0 Å². The van der Waals surface area contributed by atoms with E-state index in [1.807, 2.05) is 0 Å². The monoisotopic (exact) mass is 299 g/mol. The van der Waals surface area contributed by atoms with Crippen LogP contribution in [0.25, 0.3) is 10.2 Å². The first-order valence-electron chi connectivity index (χ1n) is 5.61. The summed E-state index contributed by atoms with van der Waals surface area (Å²) in [7, 11) is 0. The normalized spacial score (nSPS) is 16.4. The van der Waals surface area contributed by atoms with E-state index in [9.17, 15) is 0 Å². The second-order valence-corrected chi connectivity index (χ2v) is 6.34. The summed E-state index contributed by atoms with van der Waals surface area (Å²) < 4.78 is 7.37. The molecule has 4 nitrogen and oxygen atoms in total. The van der Waals surface area contributed by atoms with Crippen molar-refractivity contribution >= 4 is 51.8 Å². The molecule has 2 N–H and O–H groups in total. The van der Waals surface area contributed by atoms with Gasteiger partial charge in [0, 0.05) is 13.1 Å². The van der Waals surface area contributed by atoms with E-state index in [0.29, 0.717) is 0 Å². The lowest BCUT2D eigenvalue weighted by Gasteiger charge is -2.29. The Bertz CT molecular complexity index is 566. The summed E-state index contributed by atoms with van der Waals surface area (Å²) in [6, 6.07) is 4.20. The third-order valence-corrected chi connectivity index (χ3v) is 5.03. The number of ether oxygens (including phenoxy) is 1. The average molecular weight is 299 g/mol. The van der Waals surface area contributed by atoms with E-state index in [0.717, 1.165) is 51.4 Å². The van der Waals surface area contributed by atoms with Gasteiger partial charge in [-0.25, -0.2) is 4.98 Å². The maximum atomic E-state index is 5.56. The number of hydrogen-bond donors (Lipinski definition) is 2. The van der Waals surface area contributed by atoms with E-state index in [1.54, 1.807) is 11.3 Å². The van der Waals surface area contributed by atoms with Crippen molar-refractivity contribution in [1.29, 1.82) is 0 Å². The van der Waals surface area contributed by atoms with Gasteiger partial charge < -0.3 is 9.64 Å². The van der Waals surface area contributed by atoms with Crippen LogP contribution in [0.4, 0.5) is 5.69 Å². The highest BCUT2D eigenvalue weighted by Gasteiger charge is 2.17. The van der Waals surface area contributed by atoms with Crippen molar-refractivity contribution in [2.45, 2.75) is 9.24 Å². The Morgan fingerprint density at radius 3 is 2.89 bits per heavy atom. The Morgan fingerprint density at radius 1 is 1.39 bits per heavy atom. The molecular weight excluding hydrogens is 286 g/mol. The number of nitrogens with two attached hydrogens (primary N) is 1. The van der Waals surface area contributed by atoms with Crippen LogP contribution in [0.15, 0.2) is 21.4 Å². The number of nitrogens with zero attached hydrogens (tertiary/aromatic N) is 2. The number of morpholine rings is 1. The van der Waals surface area contributed by atoms with Gasteiger partial charge in [0.1, 0.15) is 0 Å². The van der Waals surface area contributed by atoms with E-state index in [1.165, 1.54) is 11.9 Å². The SMILES string of the molecule is NSc1nc2c(S)c(N3CCOCC3)ccc2s1. The summed E-state index contributed by atoms with van der Waals surface area (Å²) in [6.07, 6.45) is 0. The highest BCUT2D eigenvalue weighted by atomic mass is 32.2. The summed E-state index contributed by atoms with van der Waals surface area (Å²) in [5.41, 5.74) is 2.08. The fourth-order valence-corrected chi connectivity index (χ4v) is 3.83. The number of hydrogen-bond acceptors (Lipinski definition) is 7. The lowest BCUT2D eigenvalue weighted by molar-refractivity contribution is 0.122. The molecule has 7 heteroatoms. The molecule has 1 aromatic heterocycles. The first-order chi connectivity index (χ1) is 8.79. The van der Waals surface area contributed by atoms with Crippen molar-refractivity contribution in [2.24, 2.45) is 5.14 Å². The third-order valence-electron chi connectivity index (χ3n) is 2.95. The van der Waals surface area contributed by atoms with Gasteiger partial charge in [0.2, 0.25) is 0 Å². The van der Waals surface area contributed by atoms with Gasteiger partial charge in [0.05, 0.1) is 34.0 Å². The van der Waals surface area contributed by atoms with Crippen molar-refractivity contribution in [3.05, 3.63) is 12.1 Å². The molecule has 0 aliphatic carbocycles. The molecule has 1 aromatic carbocycles. The molecule has 1 saturated heterocycles. The molecule has 0 atom stereocenters. The van der Waals surface area contributed by atoms with Crippen LogP contribution in [0.5, 0.6) is 0 Å². The Hall–Kier alpha value is -0.470. The smallest absolute Gasteiger partial charge is 0.165 e. The minimum absolute atomic E-state index is 0.770. The highest BCUT2D eigenvalue weighted by molar-refractivity contribution is 7.99. The van der Waals surface area contributed by atoms with Crippen LogP contribution in [0.2, 0.25) is 0 Å². The number of thiazole rings is 1. The van der Waals surface area contributed by atoms with Crippen LogP contribution in [0.1, 0.15) is 0 Å². The number of benzene rings is 1. The molecule has 0 bridgehead atoms. The largest absolute Gasteiger partial charge is 0.378 e. The van der Waals surface area contributed by atoms with Gasteiger partial charge in [-0.05, 0) is 24.1 Å². The first-order valence-corrected chi connectivity index (χ1v) is 7.76. The van der Waals surface area contributed by atoms with Crippen molar-refractivity contribution < 1.29 is 4.74 Å². The van der Waals surface area contributed by atoms with Gasteiger partial charge in [-0.1, -0.05) is 0 Å². The molecule has 2 heterocycles. The third kappa shape index (κ3) is 2.21. The minimum atomic E-state index is 0.770. The maximum Gasteiger partial charge on any atom is 0.165 e. The van der Waals surface area contributed by atoms with Crippen LogP contribution in [0.3, 0.4) is 0 Å². The summed E-state index contributed by atoms with van der Waals surface area (Å²) in [6.45, 7) is 3.35. The predicted octanol–water partition coefficient (Wildman–Crippen LogP) is 2.39. The molecule has 2 aromatic rings. The van der Waals surface area contributed by atoms with E-state index >= 15 is 0 Å². The number of thiol groups is 1. The Labute approximate surface area is 119 Å². The molecule has 0 unspecified atom stereocenters. The average Bonchev–Trinajstić information content (AvgIpc) is 2.84. The van der Waals surface area contributed by atoms with E-state index < -0.39 is 0 Å². The minimum Gasteiger partial charge on any atom is -0.378 e. The second-order valence-electron chi connectivity index (χ2n) is 3.98. The van der Waals surface area contributed by atoms with Crippen LogP contribution in [0, 0.1) is 0 Å². The van der Waals surface area contributed by atoms with Gasteiger partial charge in [0.15, 0.2) is 4.34 Å². The topological polar surface area (TPSA) is 51.4 Å². The molecule has 1 aliphatic rings. The quantitative estimate of drug-likeness (QED) is 0.659. The molecule has 0 radical (unpaired) electrons. The summed E-state index contributed by atoms with van der Waals surface area (Å²) >= 11 is 7.42. The molecule has 1 aliphatic heterocycles. The zero-order valence-electron chi connectivity index (χ0n) is 9.63. The number of fused-ring (bicyclic) bond motifs is 1. The van der Waals surface area contributed by atoms with Crippen LogP contribution < -0.4 is 10.0 Å². The van der Waals surface area contributed by atoms with E-state index in [4.69, 9.17) is 9.88 Å². The lowest BCUT2D eigenvalue weighted by Crippen LogP contribution is -2.36. The van der Waals surface area contributed by atoms with Gasteiger partial charge in [0.25, 0.3) is 0 Å². The summed E-state index contributed by atoms with van der Waals surface area (Å²) in [4.78, 5) is 7.74. The lowest BCUT2D eigenvalue weighted by atomic mass is 10.2. The number of aromatic nitrogens is 1. The van der Waals surface area contributed by atoms with Crippen molar-refractivity contribution in [3.63, 3.8) is 0 Å². The first kappa shape index (κ1) is 12.6. The molecule has 18 heavy (non-hydrogen) atoms. The fourth-order valence-electron chi connectivity index (χ4n) is 2.06. The van der Waals surface area contributed by atoms with Gasteiger partial charge in [-0.3, -0.25) is 5.14 Å². The van der Waals surface area contributed by atoms with Gasteiger partial charge >= 0.3 is 0 Å². The predicted molar refractivity (Wildman–Crippen MR) is 79.9 cm³/mol. The molecule has 0 saturated carbocycles. The number of anilines is 1. The molecule has 96 valence electrons. The van der Waals surface area contributed by atoms with Crippen molar-refractivity contribution in [1.82, 2.24) is 4.98 Å². The zero-order chi connectivity index (χ0) is 12.5. The molecule has 1 fully saturated rings. The molecule has 0 amide bonds. The molecule has 0 spiro atoms. The van der Waals surface area contributed by atoms with E-state index in [2.05, 4.69) is 34.6 Å². The van der Waals surface area contributed by atoms with Crippen LogP contribution in [-0.4, -0.2) is 31.3 Å². The fraction of sp³-hybridized carbons (Fsp3) is 0.364. The maximum absolute atomic E-state index is 5.56. The van der Waals surface area contributed by atoms with Gasteiger partial charge in [-0.15, -0.1) is 24.0 Å². The van der Waals surface area contributed by atoms with Crippen molar-refractivity contribution in [2.75, 3.05) is 31.2 Å². The zero-order valence-corrected chi connectivity index (χ0v) is 12.2. The Kier molecular flexibility index (Phi) is 3.67. The summed E-state index contributed by atoms with van der Waals surface area (Å²) in [5.74, 6) is 0. The standard InChI is InChI=1S/C11H13N3OS3/c12-18-11-13-9-8(17-11)2-1-7(10(9)16)14-3-5-15-6-4-14/h1-2,16H,3-6,12H2. The highest BCUT2D eigenvalue weighted by Crippen LogP contribution is 2.36. The van der Waals surface area contributed by atoms with E-state index in [-0.39, 0.29) is 0 Å². The number of rotatable bonds is 2. The van der Waals surface area contributed by atoms with Crippen LogP contribution in [-0.2, 0) is 4.74 Å².